The molecule has 2 aliphatic rings. The van der Waals surface area contributed by atoms with Crippen molar-refractivity contribution in [2.45, 2.75) is 38.6 Å². The number of ether oxygens (including phenoxy) is 1. The van der Waals surface area contributed by atoms with Crippen molar-refractivity contribution in [2.75, 3.05) is 39.8 Å². The number of amides is 3. The van der Waals surface area contributed by atoms with Crippen molar-refractivity contribution in [1.82, 2.24) is 14.7 Å². The van der Waals surface area contributed by atoms with Crippen molar-refractivity contribution in [2.24, 2.45) is 5.92 Å². The molecule has 33 heavy (non-hydrogen) atoms. The van der Waals surface area contributed by atoms with E-state index < -0.39 is 6.04 Å². The zero-order valence-corrected chi connectivity index (χ0v) is 20.4. The third kappa shape index (κ3) is 6.18. The smallest absolute Gasteiger partial charge is 0.310 e. The van der Waals surface area contributed by atoms with Gasteiger partial charge >= 0.3 is 5.97 Å². The zero-order valence-electron chi connectivity index (χ0n) is 18.9. The van der Waals surface area contributed by atoms with E-state index in [-0.39, 0.29) is 36.2 Å². The van der Waals surface area contributed by atoms with Gasteiger partial charge in [-0.05, 0) is 50.8 Å². The van der Waals surface area contributed by atoms with Crippen LogP contribution in [0.3, 0.4) is 0 Å². The highest BCUT2D eigenvalue weighted by Crippen LogP contribution is 2.25. The first-order valence-corrected chi connectivity index (χ1v) is 11.9. The van der Waals surface area contributed by atoms with E-state index in [2.05, 4.69) is 0 Å². The molecule has 3 amide bonds. The highest BCUT2D eigenvalue weighted by Gasteiger charge is 2.37. The maximum atomic E-state index is 13.1. The van der Waals surface area contributed by atoms with E-state index >= 15 is 0 Å². The third-order valence-electron chi connectivity index (χ3n) is 6.05. The van der Waals surface area contributed by atoms with Crippen molar-refractivity contribution in [1.29, 1.82) is 0 Å². The van der Waals surface area contributed by atoms with Gasteiger partial charge in [-0.3, -0.25) is 19.2 Å². The van der Waals surface area contributed by atoms with E-state index in [1.165, 1.54) is 21.9 Å². The predicted octanol–water partition coefficient (Wildman–Crippen LogP) is 2.86. The average Bonchev–Trinajstić information content (AvgIpc) is 3.27. The van der Waals surface area contributed by atoms with E-state index in [0.29, 0.717) is 67.5 Å². The monoisotopic (exact) mass is 497 g/mol. The number of hydrogen-bond donors (Lipinski definition) is 0. The Morgan fingerprint density at radius 2 is 1.73 bits per heavy atom. The maximum Gasteiger partial charge on any atom is 0.310 e. The van der Waals surface area contributed by atoms with Crippen LogP contribution in [0.15, 0.2) is 18.2 Å². The highest BCUT2D eigenvalue weighted by atomic mass is 35.5. The quantitative estimate of drug-likeness (QED) is 0.563. The second-order valence-electron chi connectivity index (χ2n) is 8.44. The number of likely N-dealkylation sites (tertiary alicyclic amines) is 2. The van der Waals surface area contributed by atoms with Crippen molar-refractivity contribution < 1.29 is 23.9 Å². The molecule has 0 radical (unpaired) electrons. The number of piperidine rings is 1. The Kier molecular flexibility index (Phi) is 8.59. The molecule has 0 N–H and O–H groups in total. The largest absolute Gasteiger partial charge is 0.466 e. The van der Waals surface area contributed by atoms with Crippen LogP contribution in [-0.2, 0) is 19.1 Å². The van der Waals surface area contributed by atoms with E-state index in [1.54, 1.807) is 24.9 Å². The molecule has 0 spiro atoms. The van der Waals surface area contributed by atoms with Crippen LogP contribution in [0.1, 0.15) is 43.0 Å². The molecule has 0 saturated carbocycles. The summed E-state index contributed by atoms with van der Waals surface area (Å²) in [7, 11) is 1.56. The lowest BCUT2D eigenvalue weighted by Crippen LogP contribution is -2.51. The Bertz CT molecular complexity index is 905. The first-order valence-electron chi connectivity index (χ1n) is 11.2. The van der Waals surface area contributed by atoms with Crippen molar-refractivity contribution in [3.63, 3.8) is 0 Å². The Morgan fingerprint density at radius 1 is 1.06 bits per heavy atom. The van der Waals surface area contributed by atoms with Gasteiger partial charge in [0.05, 0.1) is 19.1 Å². The summed E-state index contributed by atoms with van der Waals surface area (Å²) in [5, 5.41) is 0.691. The molecular weight excluding hydrogens is 469 g/mol. The number of nitrogens with zero attached hydrogens (tertiary/aromatic N) is 3. The molecule has 3 rings (SSSR count). The van der Waals surface area contributed by atoms with Gasteiger partial charge in [0.1, 0.15) is 6.04 Å². The van der Waals surface area contributed by atoms with Crippen LogP contribution in [0.5, 0.6) is 0 Å². The summed E-state index contributed by atoms with van der Waals surface area (Å²) in [6.07, 6.45) is 2.60. The van der Waals surface area contributed by atoms with Crippen LogP contribution in [0.4, 0.5) is 0 Å². The average molecular weight is 498 g/mol. The molecule has 2 fully saturated rings. The maximum absolute atomic E-state index is 13.1. The second kappa shape index (κ2) is 11.2. The van der Waals surface area contributed by atoms with Gasteiger partial charge in [-0.15, -0.1) is 0 Å². The summed E-state index contributed by atoms with van der Waals surface area (Å²) in [5.41, 5.74) is 0.323. The van der Waals surface area contributed by atoms with Gasteiger partial charge in [0.15, 0.2) is 0 Å². The topological polar surface area (TPSA) is 87.2 Å². The van der Waals surface area contributed by atoms with Crippen LogP contribution < -0.4 is 0 Å². The Hall–Kier alpha value is -2.32. The van der Waals surface area contributed by atoms with Gasteiger partial charge in [-0.1, -0.05) is 23.2 Å². The number of likely N-dealkylation sites (N-methyl/N-ethyl adjacent to an activating group) is 1. The van der Waals surface area contributed by atoms with E-state index in [1.807, 2.05) is 0 Å². The molecular formula is C23H29Cl2N3O5. The number of carbonyl (C=O) groups excluding carboxylic acids is 4. The molecule has 0 aliphatic carbocycles. The van der Waals surface area contributed by atoms with Gasteiger partial charge < -0.3 is 19.4 Å². The Balaban J connectivity index is 1.62. The lowest BCUT2D eigenvalue weighted by Gasteiger charge is -2.33. The second-order valence-corrected chi connectivity index (χ2v) is 9.31. The van der Waals surface area contributed by atoms with Gasteiger partial charge in [-0.25, -0.2) is 0 Å². The molecule has 1 aromatic carbocycles. The van der Waals surface area contributed by atoms with Crippen LogP contribution in [0.25, 0.3) is 0 Å². The Labute approximate surface area is 203 Å². The minimum absolute atomic E-state index is 0.115. The summed E-state index contributed by atoms with van der Waals surface area (Å²) < 4.78 is 5.09. The van der Waals surface area contributed by atoms with Crippen molar-refractivity contribution in [3.05, 3.63) is 33.8 Å². The van der Waals surface area contributed by atoms with Crippen LogP contribution >= 0.6 is 23.2 Å². The van der Waals surface area contributed by atoms with E-state index in [0.717, 1.165) is 0 Å². The molecule has 2 aliphatic heterocycles. The standard InChI is InChI=1S/C23H29Cl2N3O5/c1-3-33-23(32)15-6-4-8-27(13-15)20(29)14-26(2)22(31)19-7-5-9-28(19)21(30)16-10-17(24)12-18(25)11-16/h10-12,15,19H,3-9,13-14H2,1-2H3. The fourth-order valence-electron chi connectivity index (χ4n) is 4.40. The lowest BCUT2D eigenvalue weighted by atomic mass is 9.98. The number of carbonyl (C=O) groups is 4. The van der Waals surface area contributed by atoms with Crippen LogP contribution in [0, 0.1) is 5.92 Å². The van der Waals surface area contributed by atoms with E-state index in [9.17, 15) is 19.2 Å². The third-order valence-corrected chi connectivity index (χ3v) is 6.49. The van der Waals surface area contributed by atoms with Gasteiger partial charge in [0.2, 0.25) is 11.8 Å². The first kappa shape index (κ1) is 25.3. The van der Waals surface area contributed by atoms with Crippen LogP contribution in [0.2, 0.25) is 10.0 Å². The molecule has 2 heterocycles. The highest BCUT2D eigenvalue weighted by molar-refractivity contribution is 6.35. The number of halogens is 2. The van der Waals surface area contributed by atoms with Crippen LogP contribution in [-0.4, -0.2) is 84.3 Å². The first-order chi connectivity index (χ1) is 15.7. The molecule has 1 aromatic rings. The summed E-state index contributed by atoms with van der Waals surface area (Å²) in [6.45, 7) is 3.22. The van der Waals surface area contributed by atoms with Gasteiger partial charge in [-0.2, -0.15) is 0 Å². The molecule has 2 unspecified atom stereocenters. The number of benzene rings is 1. The molecule has 0 bridgehead atoms. The summed E-state index contributed by atoms with van der Waals surface area (Å²) in [6, 6.07) is 3.94. The molecule has 2 atom stereocenters. The normalized spacial score (nSPS) is 20.5. The number of rotatable bonds is 6. The molecule has 8 nitrogen and oxygen atoms in total. The van der Waals surface area contributed by atoms with Gasteiger partial charge in [0, 0.05) is 42.3 Å². The zero-order chi connectivity index (χ0) is 24.1. The lowest BCUT2D eigenvalue weighted by molar-refractivity contribution is -0.152. The number of esters is 1. The number of hydrogen-bond acceptors (Lipinski definition) is 5. The minimum atomic E-state index is -0.651. The fraction of sp³-hybridized carbons (Fsp3) is 0.565. The summed E-state index contributed by atoms with van der Waals surface area (Å²) in [5.74, 6) is -1.46. The Morgan fingerprint density at radius 3 is 2.39 bits per heavy atom. The molecule has 180 valence electrons. The predicted molar refractivity (Wildman–Crippen MR) is 124 cm³/mol. The molecule has 0 aromatic heterocycles. The SMILES string of the molecule is CCOC(=O)C1CCCN(C(=O)CN(C)C(=O)C2CCCN2C(=O)c2cc(Cl)cc(Cl)c2)C1. The fourth-order valence-corrected chi connectivity index (χ4v) is 4.93. The van der Waals surface area contributed by atoms with Gasteiger partial charge in [0.25, 0.3) is 5.91 Å². The van der Waals surface area contributed by atoms with Crippen molar-refractivity contribution in [3.8, 4) is 0 Å². The van der Waals surface area contributed by atoms with Crippen molar-refractivity contribution >= 4 is 46.9 Å². The van der Waals surface area contributed by atoms with E-state index in [4.69, 9.17) is 27.9 Å². The summed E-state index contributed by atoms with van der Waals surface area (Å²) in [4.78, 5) is 55.5. The molecule has 10 heteroatoms. The molecule has 2 saturated heterocycles. The summed E-state index contributed by atoms with van der Waals surface area (Å²) >= 11 is 12.1. The minimum Gasteiger partial charge on any atom is -0.466 e.